The van der Waals surface area contributed by atoms with Crippen LogP contribution in [0.2, 0.25) is 0 Å². The number of nitrogens with one attached hydrogen (secondary N) is 1. The zero-order valence-electron chi connectivity index (χ0n) is 12.2. The number of rotatable bonds is 5. The SMILES string of the molecule is COCC(C)NC(=O)c1ccc(C)cc1C#CCCO. The van der Waals surface area contributed by atoms with E-state index in [9.17, 15) is 4.79 Å². The Hall–Kier alpha value is -1.83. The number of ether oxygens (including phenoxy) is 1. The van der Waals surface area contributed by atoms with Crippen molar-refractivity contribution < 1.29 is 14.6 Å². The molecule has 4 nitrogen and oxygen atoms in total. The number of hydrogen-bond acceptors (Lipinski definition) is 3. The highest BCUT2D eigenvalue weighted by Crippen LogP contribution is 2.11. The van der Waals surface area contributed by atoms with Gasteiger partial charge >= 0.3 is 0 Å². The van der Waals surface area contributed by atoms with Gasteiger partial charge in [0.05, 0.1) is 18.8 Å². The Bertz CT molecular complexity index is 514. The lowest BCUT2D eigenvalue weighted by Gasteiger charge is -2.13. The lowest BCUT2D eigenvalue weighted by molar-refractivity contribution is 0.0905. The molecule has 0 aromatic heterocycles. The molecule has 0 radical (unpaired) electrons. The smallest absolute Gasteiger partial charge is 0.252 e. The summed E-state index contributed by atoms with van der Waals surface area (Å²) in [6.45, 7) is 4.31. The summed E-state index contributed by atoms with van der Waals surface area (Å²) >= 11 is 0. The van der Waals surface area contributed by atoms with Gasteiger partial charge in [-0.1, -0.05) is 17.9 Å². The largest absolute Gasteiger partial charge is 0.395 e. The monoisotopic (exact) mass is 275 g/mol. The first-order chi connectivity index (χ1) is 9.58. The fraction of sp³-hybridized carbons (Fsp3) is 0.438. The van der Waals surface area contributed by atoms with Crippen molar-refractivity contribution in [2.24, 2.45) is 0 Å². The molecular formula is C16H21NO3. The average molecular weight is 275 g/mol. The molecule has 20 heavy (non-hydrogen) atoms. The second-order valence-electron chi connectivity index (χ2n) is 4.65. The van der Waals surface area contributed by atoms with Crippen LogP contribution in [0.15, 0.2) is 18.2 Å². The minimum atomic E-state index is -0.164. The third-order valence-electron chi connectivity index (χ3n) is 2.67. The molecule has 1 atom stereocenters. The first-order valence-corrected chi connectivity index (χ1v) is 6.58. The van der Waals surface area contributed by atoms with Crippen LogP contribution in [-0.2, 0) is 4.74 Å². The number of aliphatic hydroxyl groups excluding tert-OH is 1. The second-order valence-corrected chi connectivity index (χ2v) is 4.65. The molecule has 1 amide bonds. The molecule has 0 heterocycles. The number of methoxy groups -OCH3 is 1. The van der Waals surface area contributed by atoms with Crippen molar-refractivity contribution in [1.82, 2.24) is 5.32 Å². The van der Waals surface area contributed by atoms with E-state index in [-0.39, 0.29) is 18.6 Å². The number of aliphatic hydroxyl groups is 1. The Kier molecular flexibility index (Phi) is 6.78. The van der Waals surface area contributed by atoms with Crippen LogP contribution in [0.4, 0.5) is 0 Å². The summed E-state index contributed by atoms with van der Waals surface area (Å²) in [5.74, 6) is 5.62. The van der Waals surface area contributed by atoms with E-state index in [2.05, 4.69) is 17.2 Å². The standard InChI is InChI=1S/C16H21NO3/c1-12-7-8-15(14(10-12)6-4-5-9-18)16(19)17-13(2)11-20-3/h7-8,10,13,18H,5,9,11H2,1-3H3,(H,17,19). The molecule has 0 bridgehead atoms. The van der Waals surface area contributed by atoms with Crippen molar-refractivity contribution in [3.05, 3.63) is 34.9 Å². The maximum absolute atomic E-state index is 12.2. The summed E-state index contributed by atoms with van der Waals surface area (Å²) in [7, 11) is 1.60. The summed E-state index contributed by atoms with van der Waals surface area (Å²) in [4.78, 5) is 12.2. The molecule has 0 aliphatic carbocycles. The minimum Gasteiger partial charge on any atom is -0.395 e. The van der Waals surface area contributed by atoms with E-state index < -0.39 is 0 Å². The minimum absolute atomic E-state index is 0.0191. The third-order valence-corrected chi connectivity index (χ3v) is 2.67. The van der Waals surface area contributed by atoms with E-state index in [4.69, 9.17) is 9.84 Å². The van der Waals surface area contributed by atoms with Crippen LogP contribution in [0.25, 0.3) is 0 Å². The number of aryl methyl sites for hydroxylation is 1. The van der Waals surface area contributed by atoms with Gasteiger partial charge in [0.1, 0.15) is 0 Å². The molecule has 0 spiro atoms. The summed E-state index contributed by atoms with van der Waals surface area (Å²) in [5.41, 5.74) is 2.27. The number of benzene rings is 1. The van der Waals surface area contributed by atoms with Crippen LogP contribution in [0, 0.1) is 18.8 Å². The molecule has 108 valence electrons. The second kappa shape index (κ2) is 8.36. The van der Waals surface area contributed by atoms with Crippen LogP contribution >= 0.6 is 0 Å². The van der Waals surface area contributed by atoms with E-state index in [1.807, 2.05) is 26.0 Å². The van der Waals surface area contributed by atoms with Crippen molar-refractivity contribution >= 4 is 5.91 Å². The predicted octanol–water partition coefficient (Wildman–Crippen LogP) is 1.49. The van der Waals surface area contributed by atoms with Gasteiger partial charge in [-0.25, -0.2) is 0 Å². The molecule has 2 N–H and O–H groups in total. The molecule has 1 aromatic carbocycles. The normalized spacial score (nSPS) is 11.4. The van der Waals surface area contributed by atoms with Crippen LogP contribution in [0.5, 0.6) is 0 Å². The molecule has 1 aromatic rings. The Morgan fingerprint density at radius 1 is 1.50 bits per heavy atom. The van der Waals surface area contributed by atoms with Gasteiger partial charge in [0.2, 0.25) is 0 Å². The Balaban J connectivity index is 2.93. The molecule has 0 fully saturated rings. The van der Waals surface area contributed by atoms with Crippen molar-refractivity contribution in [2.75, 3.05) is 20.3 Å². The summed E-state index contributed by atoms with van der Waals surface area (Å²) in [6, 6.07) is 5.47. The highest BCUT2D eigenvalue weighted by atomic mass is 16.5. The van der Waals surface area contributed by atoms with Crippen LogP contribution < -0.4 is 5.32 Å². The van der Waals surface area contributed by atoms with Crippen molar-refractivity contribution in [3.63, 3.8) is 0 Å². The fourth-order valence-electron chi connectivity index (χ4n) is 1.77. The first kappa shape index (κ1) is 16.2. The van der Waals surface area contributed by atoms with Crippen molar-refractivity contribution in [3.8, 4) is 11.8 Å². The van der Waals surface area contributed by atoms with Gasteiger partial charge in [-0.05, 0) is 31.5 Å². The third kappa shape index (κ3) is 5.04. The van der Waals surface area contributed by atoms with Gasteiger partial charge in [0.15, 0.2) is 0 Å². The zero-order valence-corrected chi connectivity index (χ0v) is 12.2. The van der Waals surface area contributed by atoms with Crippen LogP contribution in [0.1, 0.15) is 34.8 Å². The number of amides is 1. The number of carbonyl (C=O) groups excluding carboxylic acids is 1. The highest BCUT2D eigenvalue weighted by molar-refractivity contribution is 5.97. The zero-order chi connectivity index (χ0) is 15.0. The molecule has 0 saturated heterocycles. The van der Waals surface area contributed by atoms with E-state index in [1.165, 1.54) is 0 Å². The van der Waals surface area contributed by atoms with Gasteiger partial charge < -0.3 is 15.2 Å². The summed E-state index contributed by atoms with van der Waals surface area (Å²) in [6.07, 6.45) is 0.398. The van der Waals surface area contributed by atoms with Gasteiger partial charge in [-0.3, -0.25) is 4.79 Å². The van der Waals surface area contributed by atoms with E-state index in [1.54, 1.807) is 13.2 Å². The highest BCUT2D eigenvalue weighted by Gasteiger charge is 2.13. The maximum atomic E-state index is 12.2. The Morgan fingerprint density at radius 2 is 2.25 bits per heavy atom. The van der Waals surface area contributed by atoms with E-state index in [0.717, 1.165) is 5.56 Å². The Labute approximate surface area is 120 Å². The van der Waals surface area contributed by atoms with Crippen molar-refractivity contribution in [2.45, 2.75) is 26.3 Å². The predicted molar refractivity (Wildman–Crippen MR) is 78.6 cm³/mol. The van der Waals surface area contributed by atoms with Gasteiger partial charge in [-0.15, -0.1) is 0 Å². The quantitative estimate of drug-likeness (QED) is 0.801. The van der Waals surface area contributed by atoms with Crippen molar-refractivity contribution in [1.29, 1.82) is 0 Å². The van der Waals surface area contributed by atoms with Crippen LogP contribution in [-0.4, -0.2) is 37.4 Å². The molecule has 0 saturated carbocycles. The number of carbonyl (C=O) groups is 1. The average Bonchev–Trinajstić information content (AvgIpc) is 2.39. The van der Waals surface area contributed by atoms with Gasteiger partial charge in [-0.2, -0.15) is 0 Å². The number of hydrogen-bond donors (Lipinski definition) is 2. The molecule has 0 aliphatic rings. The lowest BCUT2D eigenvalue weighted by Crippen LogP contribution is -2.36. The van der Waals surface area contributed by atoms with Gasteiger partial charge in [0, 0.05) is 25.1 Å². The molecule has 1 unspecified atom stereocenters. The summed E-state index contributed by atoms with van der Waals surface area (Å²) < 4.78 is 5.00. The lowest BCUT2D eigenvalue weighted by atomic mass is 10.0. The van der Waals surface area contributed by atoms with Gasteiger partial charge in [0.25, 0.3) is 5.91 Å². The fourth-order valence-corrected chi connectivity index (χ4v) is 1.77. The summed E-state index contributed by atoms with van der Waals surface area (Å²) in [5, 5.41) is 11.6. The van der Waals surface area contributed by atoms with Crippen LogP contribution in [0.3, 0.4) is 0 Å². The van der Waals surface area contributed by atoms with E-state index >= 15 is 0 Å². The topological polar surface area (TPSA) is 58.6 Å². The molecular weight excluding hydrogens is 254 g/mol. The molecule has 0 aliphatic heterocycles. The van der Waals surface area contributed by atoms with E-state index in [0.29, 0.717) is 24.2 Å². The Morgan fingerprint density at radius 3 is 2.90 bits per heavy atom. The maximum Gasteiger partial charge on any atom is 0.252 e. The molecule has 4 heteroatoms. The molecule has 1 rings (SSSR count). The first-order valence-electron chi connectivity index (χ1n) is 6.58.